The quantitative estimate of drug-likeness (QED) is 0.647. The van der Waals surface area contributed by atoms with E-state index in [4.69, 9.17) is 0 Å². The Morgan fingerprint density at radius 2 is 1.46 bits per heavy atom. The van der Waals surface area contributed by atoms with Gasteiger partial charge in [0.2, 0.25) is 0 Å². The van der Waals surface area contributed by atoms with Crippen molar-refractivity contribution in [3.63, 3.8) is 0 Å². The third-order valence-electron chi connectivity index (χ3n) is 2.30. The third-order valence-corrected chi connectivity index (χ3v) is 2.30. The van der Waals surface area contributed by atoms with Crippen LogP contribution >= 0.6 is 0 Å². The zero-order chi connectivity index (χ0) is 10.6. The van der Waals surface area contributed by atoms with Gasteiger partial charge in [0.25, 0.3) is 0 Å². The Morgan fingerprint density at radius 3 is 1.77 bits per heavy atom. The zero-order valence-corrected chi connectivity index (χ0v) is 10.4. The molecule has 80 valence electrons. The molecule has 0 unspecified atom stereocenters. The molecule has 0 aliphatic rings. The Balaban J connectivity index is 4.00. The highest BCUT2D eigenvalue weighted by Gasteiger charge is 2.21. The Bertz CT molecular complexity index is 139. The highest BCUT2D eigenvalue weighted by molar-refractivity contribution is 4.76. The molecule has 0 saturated heterocycles. The van der Waals surface area contributed by atoms with Gasteiger partial charge in [0.05, 0.1) is 0 Å². The maximum absolute atomic E-state index is 2.41. The van der Waals surface area contributed by atoms with Gasteiger partial charge in [-0.05, 0) is 40.4 Å². The predicted molar refractivity (Wildman–Crippen MR) is 60.1 cm³/mol. The van der Waals surface area contributed by atoms with E-state index in [1.807, 2.05) is 0 Å². The molecule has 0 bridgehead atoms. The molecule has 0 aliphatic heterocycles. The van der Waals surface area contributed by atoms with Gasteiger partial charge >= 0.3 is 0 Å². The van der Waals surface area contributed by atoms with E-state index in [-0.39, 0.29) is 0 Å². The van der Waals surface area contributed by atoms with Crippen LogP contribution < -0.4 is 0 Å². The van der Waals surface area contributed by atoms with Crippen LogP contribution in [0.4, 0.5) is 0 Å². The summed E-state index contributed by atoms with van der Waals surface area (Å²) in [6, 6.07) is 0.640. The smallest absolute Gasteiger partial charge is 0.00446 e. The van der Waals surface area contributed by atoms with E-state index in [1.54, 1.807) is 0 Å². The third kappa shape index (κ3) is 6.05. The van der Waals surface area contributed by atoms with Gasteiger partial charge in [0, 0.05) is 19.1 Å². The van der Waals surface area contributed by atoms with Crippen LogP contribution in [0.2, 0.25) is 0 Å². The summed E-state index contributed by atoms with van der Waals surface area (Å²) in [5, 5.41) is 0. The molecule has 13 heavy (non-hydrogen) atoms. The van der Waals surface area contributed by atoms with E-state index in [9.17, 15) is 0 Å². The average molecular weight is 186 g/mol. The molecule has 0 spiro atoms. The maximum atomic E-state index is 2.41. The minimum atomic E-state index is 0.377. The molecule has 2 heteroatoms. The lowest BCUT2D eigenvalue weighted by atomic mass is 9.92. The van der Waals surface area contributed by atoms with E-state index in [2.05, 4.69) is 58.6 Å². The van der Waals surface area contributed by atoms with Gasteiger partial charge in [0.15, 0.2) is 0 Å². The first-order chi connectivity index (χ1) is 5.74. The molecular weight excluding hydrogens is 160 g/mol. The molecule has 0 rings (SSSR count). The van der Waals surface area contributed by atoms with E-state index in [0.717, 1.165) is 13.1 Å². The molecular formula is C11H26N2. The number of hydrogen-bond acceptors (Lipinski definition) is 2. The van der Waals surface area contributed by atoms with Gasteiger partial charge in [-0.25, -0.2) is 0 Å². The second kappa shape index (κ2) is 4.97. The summed E-state index contributed by atoms with van der Waals surface area (Å²) in [5.74, 6) is 0. The number of nitrogens with zero attached hydrogens (tertiary/aromatic N) is 2. The summed E-state index contributed by atoms with van der Waals surface area (Å²) < 4.78 is 0. The predicted octanol–water partition coefficient (Wildman–Crippen LogP) is 1.91. The average Bonchev–Trinajstić information content (AvgIpc) is 1.81. The highest BCUT2D eigenvalue weighted by atomic mass is 15.1. The molecule has 0 aromatic rings. The Kier molecular flexibility index (Phi) is 4.93. The number of rotatable bonds is 5. The minimum absolute atomic E-state index is 0.377. The van der Waals surface area contributed by atoms with Crippen LogP contribution in [0.25, 0.3) is 0 Å². The number of hydrogen-bond donors (Lipinski definition) is 0. The van der Waals surface area contributed by atoms with Crippen LogP contribution in [0.15, 0.2) is 0 Å². The van der Waals surface area contributed by atoms with Crippen molar-refractivity contribution in [1.82, 2.24) is 9.80 Å². The summed E-state index contributed by atoms with van der Waals surface area (Å²) in [4.78, 5) is 4.66. The molecule has 2 nitrogen and oxygen atoms in total. The Labute approximate surface area is 83.9 Å². The molecule has 0 heterocycles. The molecule has 0 aromatic carbocycles. The fourth-order valence-corrected chi connectivity index (χ4v) is 1.76. The van der Waals surface area contributed by atoms with Crippen LogP contribution in [-0.4, -0.2) is 50.1 Å². The molecule has 0 saturated carbocycles. The van der Waals surface area contributed by atoms with Gasteiger partial charge in [0.1, 0.15) is 0 Å². The second-order valence-electron chi connectivity index (χ2n) is 5.41. The minimum Gasteiger partial charge on any atom is -0.309 e. The van der Waals surface area contributed by atoms with Crippen molar-refractivity contribution in [3.8, 4) is 0 Å². The molecule has 0 atom stereocenters. The standard InChI is InChI=1S/C11H26N2/c1-10(2)13(7)9-11(3,4)8-12(5)6/h10H,8-9H2,1-7H3. The molecule has 0 fully saturated rings. The summed E-state index contributed by atoms with van der Waals surface area (Å²) in [5.41, 5.74) is 0.377. The van der Waals surface area contributed by atoms with Crippen LogP contribution in [0.1, 0.15) is 27.7 Å². The van der Waals surface area contributed by atoms with Crippen LogP contribution in [0.5, 0.6) is 0 Å². The molecule has 0 aliphatic carbocycles. The summed E-state index contributed by atoms with van der Waals surface area (Å²) in [6.45, 7) is 11.4. The lowest BCUT2D eigenvalue weighted by Gasteiger charge is -2.34. The van der Waals surface area contributed by atoms with Crippen molar-refractivity contribution >= 4 is 0 Å². The van der Waals surface area contributed by atoms with Crippen LogP contribution in [0.3, 0.4) is 0 Å². The monoisotopic (exact) mass is 186 g/mol. The van der Waals surface area contributed by atoms with Crippen molar-refractivity contribution in [2.24, 2.45) is 5.41 Å². The van der Waals surface area contributed by atoms with E-state index >= 15 is 0 Å². The Hall–Kier alpha value is -0.0800. The first-order valence-corrected chi connectivity index (χ1v) is 5.09. The van der Waals surface area contributed by atoms with Crippen molar-refractivity contribution in [2.75, 3.05) is 34.2 Å². The van der Waals surface area contributed by atoms with Gasteiger partial charge < -0.3 is 9.80 Å². The van der Waals surface area contributed by atoms with Crippen LogP contribution in [0, 0.1) is 5.41 Å². The van der Waals surface area contributed by atoms with E-state index < -0.39 is 0 Å². The van der Waals surface area contributed by atoms with Gasteiger partial charge in [-0.15, -0.1) is 0 Å². The molecule has 0 amide bonds. The largest absolute Gasteiger partial charge is 0.309 e. The lowest BCUT2D eigenvalue weighted by molar-refractivity contribution is 0.143. The summed E-state index contributed by atoms with van der Waals surface area (Å²) in [6.07, 6.45) is 0. The fraction of sp³-hybridized carbons (Fsp3) is 1.00. The fourth-order valence-electron chi connectivity index (χ4n) is 1.76. The normalized spacial score (nSPS) is 13.4. The van der Waals surface area contributed by atoms with E-state index in [0.29, 0.717) is 11.5 Å². The van der Waals surface area contributed by atoms with E-state index in [1.165, 1.54) is 0 Å². The SMILES string of the molecule is CC(C)N(C)CC(C)(C)CN(C)C. The summed E-state index contributed by atoms with van der Waals surface area (Å²) >= 11 is 0. The van der Waals surface area contributed by atoms with Crippen LogP contribution in [-0.2, 0) is 0 Å². The van der Waals surface area contributed by atoms with Crippen molar-refractivity contribution in [2.45, 2.75) is 33.7 Å². The lowest BCUT2D eigenvalue weighted by Crippen LogP contribution is -2.41. The van der Waals surface area contributed by atoms with Crippen molar-refractivity contribution < 1.29 is 0 Å². The molecule has 0 aromatic heterocycles. The Morgan fingerprint density at radius 1 is 1.00 bits per heavy atom. The maximum Gasteiger partial charge on any atom is 0.00446 e. The first kappa shape index (κ1) is 12.9. The molecule has 0 N–H and O–H groups in total. The highest BCUT2D eigenvalue weighted by Crippen LogP contribution is 2.18. The van der Waals surface area contributed by atoms with Gasteiger partial charge in [-0.3, -0.25) is 0 Å². The van der Waals surface area contributed by atoms with Crippen molar-refractivity contribution in [3.05, 3.63) is 0 Å². The molecule has 0 radical (unpaired) electrons. The first-order valence-electron chi connectivity index (χ1n) is 5.09. The topological polar surface area (TPSA) is 6.48 Å². The summed E-state index contributed by atoms with van der Waals surface area (Å²) in [7, 11) is 6.47. The van der Waals surface area contributed by atoms with Gasteiger partial charge in [-0.1, -0.05) is 13.8 Å². The second-order valence-corrected chi connectivity index (χ2v) is 5.41. The zero-order valence-electron chi connectivity index (χ0n) is 10.4. The van der Waals surface area contributed by atoms with Crippen molar-refractivity contribution in [1.29, 1.82) is 0 Å². The van der Waals surface area contributed by atoms with Gasteiger partial charge in [-0.2, -0.15) is 0 Å².